The normalized spacial score (nSPS) is 15.7. The Hall–Kier alpha value is -3.24. The predicted molar refractivity (Wildman–Crippen MR) is 110 cm³/mol. The highest BCUT2D eigenvalue weighted by atomic mass is 16.5. The van der Waals surface area contributed by atoms with Gasteiger partial charge in [0.15, 0.2) is 0 Å². The van der Waals surface area contributed by atoms with Gasteiger partial charge in [0.25, 0.3) is 11.8 Å². The van der Waals surface area contributed by atoms with Gasteiger partial charge in [-0.25, -0.2) is 0 Å². The average molecular weight is 383 g/mol. The summed E-state index contributed by atoms with van der Waals surface area (Å²) in [6, 6.07) is 23.7. The molecular weight excluding hydrogens is 362 g/mol. The van der Waals surface area contributed by atoms with Crippen LogP contribution in [0.2, 0.25) is 0 Å². The molecule has 0 saturated carbocycles. The SMILES string of the molecule is O=C1c2ccccc2C(=O)N1CCOC1c2ccccc2CCc2ccccc21. The molecular formula is C25H21NO3. The standard InChI is InChI=1S/C25H21NO3/c27-24-21-11-5-6-12-22(21)25(28)26(24)15-16-29-23-19-9-3-1-7-17(19)13-14-18-8-2-4-10-20(18)23/h1-12,23H,13-16H2. The molecule has 0 spiro atoms. The molecule has 2 amide bonds. The summed E-state index contributed by atoms with van der Waals surface area (Å²) in [4.78, 5) is 26.5. The van der Waals surface area contributed by atoms with Gasteiger partial charge in [0.05, 0.1) is 24.3 Å². The Morgan fingerprint density at radius 1 is 0.724 bits per heavy atom. The molecule has 0 atom stereocenters. The van der Waals surface area contributed by atoms with E-state index in [1.807, 2.05) is 12.1 Å². The van der Waals surface area contributed by atoms with Gasteiger partial charge >= 0.3 is 0 Å². The Labute approximate surface area is 169 Å². The van der Waals surface area contributed by atoms with E-state index in [1.54, 1.807) is 24.3 Å². The summed E-state index contributed by atoms with van der Waals surface area (Å²) in [7, 11) is 0. The first-order valence-electron chi connectivity index (χ1n) is 9.96. The van der Waals surface area contributed by atoms with Crippen LogP contribution in [-0.2, 0) is 17.6 Å². The van der Waals surface area contributed by atoms with Gasteiger partial charge in [-0.3, -0.25) is 14.5 Å². The molecule has 0 N–H and O–H groups in total. The van der Waals surface area contributed by atoms with E-state index in [2.05, 4.69) is 36.4 Å². The third kappa shape index (κ3) is 3.06. The van der Waals surface area contributed by atoms with Gasteiger partial charge in [-0.05, 0) is 47.2 Å². The molecule has 5 rings (SSSR count). The van der Waals surface area contributed by atoms with Crippen LogP contribution in [0.1, 0.15) is 49.1 Å². The van der Waals surface area contributed by atoms with Crippen LogP contribution >= 0.6 is 0 Å². The number of nitrogens with zero attached hydrogens (tertiary/aromatic N) is 1. The summed E-state index contributed by atoms with van der Waals surface area (Å²) >= 11 is 0. The number of hydrogen-bond donors (Lipinski definition) is 0. The van der Waals surface area contributed by atoms with Gasteiger partial charge < -0.3 is 4.74 Å². The Morgan fingerprint density at radius 3 is 1.76 bits per heavy atom. The maximum absolute atomic E-state index is 12.6. The number of fused-ring (bicyclic) bond motifs is 3. The van der Waals surface area contributed by atoms with Crippen molar-refractivity contribution < 1.29 is 14.3 Å². The summed E-state index contributed by atoms with van der Waals surface area (Å²) in [5.41, 5.74) is 5.86. The maximum Gasteiger partial charge on any atom is 0.261 e. The van der Waals surface area contributed by atoms with E-state index >= 15 is 0 Å². The first kappa shape index (κ1) is 17.8. The minimum Gasteiger partial charge on any atom is -0.367 e. The van der Waals surface area contributed by atoms with Crippen LogP contribution in [0.5, 0.6) is 0 Å². The topological polar surface area (TPSA) is 46.6 Å². The molecule has 1 aliphatic carbocycles. The summed E-state index contributed by atoms with van der Waals surface area (Å²) in [6.45, 7) is 0.534. The van der Waals surface area contributed by atoms with E-state index in [9.17, 15) is 9.59 Å². The van der Waals surface area contributed by atoms with Crippen molar-refractivity contribution >= 4 is 11.8 Å². The second kappa shape index (κ2) is 7.30. The molecule has 0 saturated heterocycles. The summed E-state index contributed by atoms with van der Waals surface area (Å²) < 4.78 is 6.33. The van der Waals surface area contributed by atoms with Crippen LogP contribution in [-0.4, -0.2) is 29.9 Å². The lowest BCUT2D eigenvalue weighted by Crippen LogP contribution is -2.33. The van der Waals surface area contributed by atoms with Crippen LogP contribution in [0.25, 0.3) is 0 Å². The lowest BCUT2D eigenvalue weighted by molar-refractivity contribution is 0.0451. The van der Waals surface area contributed by atoms with E-state index < -0.39 is 0 Å². The largest absolute Gasteiger partial charge is 0.367 e. The first-order chi connectivity index (χ1) is 14.2. The third-order valence-corrected chi connectivity index (χ3v) is 5.82. The molecule has 4 nitrogen and oxygen atoms in total. The van der Waals surface area contributed by atoms with Crippen LogP contribution in [0, 0.1) is 0 Å². The Morgan fingerprint density at radius 2 is 1.21 bits per heavy atom. The maximum atomic E-state index is 12.6. The van der Waals surface area contributed by atoms with Gasteiger partial charge in [0, 0.05) is 0 Å². The fraction of sp³-hybridized carbons (Fsp3) is 0.200. The van der Waals surface area contributed by atoms with Gasteiger partial charge in [-0.15, -0.1) is 0 Å². The number of aryl methyl sites for hydroxylation is 2. The average Bonchev–Trinajstić information content (AvgIpc) is 2.91. The van der Waals surface area contributed by atoms with E-state index in [0.29, 0.717) is 17.7 Å². The highest BCUT2D eigenvalue weighted by Crippen LogP contribution is 2.35. The van der Waals surface area contributed by atoms with Crippen LogP contribution in [0.4, 0.5) is 0 Å². The fourth-order valence-electron chi connectivity index (χ4n) is 4.36. The fourth-order valence-corrected chi connectivity index (χ4v) is 4.36. The molecule has 0 unspecified atom stereocenters. The van der Waals surface area contributed by atoms with Crippen LogP contribution in [0.3, 0.4) is 0 Å². The Kier molecular flexibility index (Phi) is 4.49. The highest BCUT2D eigenvalue weighted by molar-refractivity contribution is 6.21. The number of benzene rings is 3. The lowest BCUT2D eigenvalue weighted by Gasteiger charge is -2.22. The second-order valence-electron chi connectivity index (χ2n) is 7.46. The highest BCUT2D eigenvalue weighted by Gasteiger charge is 2.35. The van der Waals surface area contributed by atoms with Crippen LogP contribution < -0.4 is 0 Å². The number of carbonyl (C=O) groups is 2. The minimum absolute atomic E-state index is 0.194. The number of hydrogen-bond acceptors (Lipinski definition) is 3. The van der Waals surface area contributed by atoms with Gasteiger partial charge in [0.1, 0.15) is 6.10 Å². The first-order valence-corrected chi connectivity index (χ1v) is 9.96. The quantitative estimate of drug-likeness (QED) is 0.635. The molecule has 29 heavy (non-hydrogen) atoms. The monoisotopic (exact) mass is 383 g/mol. The molecule has 3 aromatic carbocycles. The van der Waals surface area contributed by atoms with E-state index in [1.165, 1.54) is 27.2 Å². The van der Waals surface area contributed by atoms with Crippen molar-refractivity contribution in [3.63, 3.8) is 0 Å². The van der Waals surface area contributed by atoms with E-state index in [-0.39, 0.29) is 24.5 Å². The number of amides is 2. The molecule has 0 fully saturated rings. The van der Waals surface area contributed by atoms with Crippen molar-refractivity contribution in [2.45, 2.75) is 18.9 Å². The number of carbonyl (C=O) groups excluding carboxylic acids is 2. The predicted octanol–water partition coefficient (Wildman–Crippen LogP) is 4.19. The van der Waals surface area contributed by atoms with Crippen molar-refractivity contribution in [2.75, 3.05) is 13.2 Å². The van der Waals surface area contributed by atoms with Gasteiger partial charge in [-0.1, -0.05) is 60.7 Å². The molecule has 3 aromatic rings. The van der Waals surface area contributed by atoms with Crippen LogP contribution in [0.15, 0.2) is 72.8 Å². The Bertz CT molecular complexity index is 1020. The zero-order valence-electron chi connectivity index (χ0n) is 16.0. The molecule has 0 radical (unpaired) electrons. The van der Waals surface area contributed by atoms with Gasteiger partial charge in [-0.2, -0.15) is 0 Å². The van der Waals surface area contributed by atoms with Crippen molar-refractivity contribution in [1.82, 2.24) is 4.90 Å². The van der Waals surface area contributed by atoms with Crippen molar-refractivity contribution in [3.05, 3.63) is 106 Å². The summed E-state index contributed by atoms with van der Waals surface area (Å²) in [5.74, 6) is -0.480. The molecule has 4 heteroatoms. The van der Waals surface area contributed by atoms with E-state index in [0.717, 1.165) is 12.8 Å². The number of rotatable bonds is 4. The minimum atomic E-state index is -0.240. The van der Waals surface area contributed by atoms with Crippen molar-refractivity contribution in [2.24, 2.45) is 0 Å². The van der Waals surface area contributed by atoms with Crippen molar-refractivity contribution in [1.29, 1.82) is 0 Å². The zero-order valence-corrected chi connectivity index (χ0v) is 16.0. The molecule has 0 bridgehead atoms. The molecule has 0 aromatic heterocycles. The third-order valence-electron chi connectivity index (χ3n) is 5.82. The zero-order chi connectivity index (χ0) is 19.8. The summed E-state index contributed by atoms with van der Waals surface area (Å²) in [6.07, 6.45) is 1.76. The molecule has 1 aliphatic heterocycles. The molecule has 1 heterocycles. The molecule has 2 aliphatic rings. The summed E-state index contributed by atoms with van der Waals surface area (Å²) in [5, 5.41) is 0. The second-order valence-corrected chi connectivity index (χ2v) is 7.46. The molecule has 144 valence electrons. The smallest absolute Gasteiger partial charge is 0.261 e. The number of imide groups is 1. The lowest BCUT2D eigenvalue weighted by atomic mass is 9.97. The van der Waals surface area contributed by atoms with Crippen molar-refractivity contribution in [3.8, 4) is 0 Å². The van der Waals surface area contributed by atoms with E-state index in [4.69, 9.17) is 4.74 Å². The Balaban J connectivity index is 1.38. The number of ether oxygens (including phenoxy) is 1. The van der Waals surface area contributed by atoms with Gasteiger partial charge in [0.2, 0.25) is 0 Å².